The van der Waals surface area contributed by atoms with Crippen LogP contribution in [-0.4, -0.2) is 63.1 Å². The number of aliphatic hydroxyl groups is 1. The Morgan fingerprint density at radius 1 is 1.07 bits per heavy atom. The first-order chi connectivity index (χ1) is 14.1. The quantitative estimate of drug-likeness (QED) is 0.839. The van der Waals surface area contributed by atoms with Crippen LogP contribution in [-0.2, 0) is 13.6 Å². The maximum atomic E-state index is 13.2. The van der Waals surface area contributed by atoms with E-state index in [4.69, 9.17) is 0 Å². The van der Waals surface area contributed by atoms with Crippen molar-refractivity contribution in [1.82, 2.24) is 19.2 Å². The molecule has 2 aliphatic rings. The van der Waals surface area contributed by atoms with Crippen LogP contribution in [0.5, 0.6) is 0 Å². The summed E-state index contributed by atoms with van der Waals surface area (Å²) in [5.74, 6) is 0.481. The normalized spacial score (nSPS) is 22.2. The molecule has 0 radical (unpaired) electrons. The van der Waals surface area contributed by atoms with Crippen LogP contribution < -0.4 is 5.56 Å². The van der Waals surface area contributed by atoms with Crippen molar-refractivity contribution in [2.75, 3.05) is 32.8 Å². The van der Waals surface area contributed by atoms with Gasteiger partial charge in [-0.2, -0.15) is 0 Å². The van der Waals surface area contributed by atoms with Crippen molar-refractivity contribution in [2.24, 2.45) is 13.0 Å². The molecule has 0 spiro atoms. The third-order valence-electron chi connectivity index (χ3n) is 6.96. The molecule has 6 nitrogen and oxygen atoms in total. The predicted molar refractivity (Wildman–Crippen MR) is 115 cm³/mol. The number of likely N-dealkylation sites (tertiary alicyclic amines) is 2. The van der Waals surface area contributed by atoms with E-state index >= 15 is 0 Å². The van der Waals surface area contributed by atoms with Crippen LogP contribution >= 0.6 is 0 Å². The summed E-state index contributed by atoms with van der Waals surface area (Å²) < 4.78 is 3.76. The highest BCUT2D eigenvalue weighted by molar-refractivity contribution is 5.33. The minimum atomic E-state index is 0.0992. The summed E-state index contributed by atoms with van der Waals surface area (Å²) in [5.41, 5.74) is 2.97. The Kier molecular flexibility index (Phi) is 6.23. The molecule has 2 aliphatic heterocycles. The van der Waals surface area contributed by atoms with Crippen LogP contribution in [0.2, 0.25) is 0 Å². The molecule has 0 amide bonds. The molecule has 2 fully saturated rings. The molecule has 1 aromatic carbocycles. The number of nitrogens with zero attached hydrogens (tertiary/aromatic N) is 4. The second-order valence-electron chi connectivity index (χ2n) is 8.73. The van der Waals surface area contributed by atoms with Gasteiger partial charge < -0.3 is 5.11 Å². The van der Waals surface area contributed by atoms with E-state index in [-0.39, 0.29) is 5.56 Å². The van der Waals surface area contributed by atoms with Crippen molar-refractivity contribution >= 4 is 0 Å². The van der Waals surface area contributed by atoms with Gasteiger partial charge in [0.15, 0.2) is 0 Å². The Morgan fingerprint density at radius 2 is 1.79 bits per heavy atom. The van der Waals surface area contributed by atoms with Crippen LogP contribution in [0.4, 0.5) is 0 Å². The zero-order valence-corrected chi connectivity index (χ0v) is 17.8. The fourth-order valence-electron chi connectivity index (χ4n) is 5.00. The largest absolute Gasteiger partial charge is 0.396 e. The molecular formula is C23H34N4O2. The second kappa shape index (κ2) is 8.86. The Hall–Kier alpha value is -1.89. The SMILES string of the molecule is Cc1c(CN2CCC[C@@H](N3CCC(CO)CC3)C2)c(=O)n(-c2ccccc2)n1C. The summed E-state index contributed by atoms with van der Waals surface area (Å²) in [5, 5.41) is 9.39. The van der Waals surface area contributed by atoms with Crippen molar-refractivity contribution < 1.29 is 5.11 Å². The van der Waals surface area contributed by atoms with E-state index in [9.17, 15) is 9.90 Å². The molecular weight excluding hydrogens is 364 g/mol. The number of rotatable bonds is 5. The third-order valence-corrected chi connectivity index (χ3v) is 6.96. The van der Waals surface area contributed by atoms with E-state index in [0.29, 0.717) is 18.6 Å². The van der Waals surface area contributed by atoms with E-state index in [0.717, 1.165) is 62.5 Å². The molecule has 0 unspecified atom stereocenters. The number of hydrogen-bond donors (Lipinski definition) is 1. The smallest absolute Gasteiger partial charge is 0.276 e. The molecule has 1 atom stereocenters. The average Bonchev–Trinajstić information content (AvgIpc) is 2.98. The Morgan fingerprint density at radius 3 is 2.48 bits per heavy atom. The van der Waals surface area contributed by atoms with Gasteiger partial charge in [-0.1, -0.05) is 18.2 Å². The van der Waals surface area contributed by atoms with Gasteiger partial charge in [0.25, 0.3) is 5.56 Å². The molecule has 3 heterocycles. The molecule has 4 rings (SSSR count). The lowest BCUT2D eigenvalue weighted by atomic mass is 9.94. The molecule has 0 bridgehead atoms. The molecule has 2 saturated heterocycles. The van der Waals surface area contributed by atoms with Crippen molar-refractivity contribution in [1.29, 1.82) is 0 Å². The summed E-state index contributed by atoms with van der Waals surface area (Å²) in [7, 11) is 1.97. The number of hydrogen-bond acceptors (Lipinski definition) is 4. The first-order valence-corrected chi connectivity index (χ1v) is 11.0. The highest BCUT2D eigenvalue weighted by Crippen LogP contribution is 2.24. The molecule has 158 valence electrons. The maximum Gasteiger partial charge on any atom is 0.276 e. The van der Waals surface area contributed by atoms with Crippen molar-refractivity contribution in [2.45, 2.75) is 45.2 Å². The Balaban J connectivity index is 1.47. The zero-order valence-electron chi connectivity index (χ0n) is 17.8. The minimum absolute atomic E-state index is 0.0992. The van der Waals surface area contributed by atoms with E-state index in [2.05, 4.69) is 16.7 Å². The fraction of sp³-hybridized carbons (Fsp3) is 0.609. The van der Waals surface area contributed by atoms with Gasteiger partial charge in [-0.3, -0.25) is 19.3 Å². The molecule has 0 saturated carbocycles. The number of benzene rings is 1. The molecule has 1 N–H and O–H groups in total. The number of aromatic nitrogens is 2. The average molecular weight is 399 g/mol. The standard InChI is InChI=1S/C23H34N4O2/c1-18-22(23(29)27(24(18)2)20-7-4-3-5-8-20)16-25-12-6-9-21(15-25)26-13-10-19(17-28)11-14-26/h3-5,7-8,19,21,28H,6,9-17H2,1-2H3/t21-/m1/s1. The molecule has 29 heavy (non-hydrogen) atoms. The lowest BCUT2D eigenvalue weighted by Gasteiger charge is -2.42. The molecule has 1 aromatic heterocycles. The number of para-hydroxylation sites is 1. The summed E-state index contributed by atoms with van der Waals surface area (Å²) >= 11 is 0. The number of piperidine rings is 2. The highest BCUT2D eigenvalue weighted by Gasteiger charge is 2.29. The van der Waals surface area contributed by atoms with E-state index < -0.39 is 0 Å². The lowest BCUT2D eigenvalue weighted by Crippen LogP contribution is -2.50. The second-order valence-corrected chi connectivity index (χ2v) is 8.73. The van der Waals surface area contributed by atoms with Gasteiger partial charge in [0.1, 0.15) is 0 Å². The lowest BCUT2D eigenvalue weighted by molar-refractivity contribution is 0.0542. The first-order valence-electron chi connectivity index (χ1n) is 11.0. The van der Waals surface area contributed by atoms with Gasteiger partial charge in [0.2, 0.25) is 0 Å². The van der Waals surface area contributed by atoms with Crippen LogP contribution in [0.25, 0.3) is 5.69 Å². The van der Waals surface area contributed by atoms with Gasteiger partial charge in [-0.15, -0.1) is 0 Å². The maximum absolute atomic E-state index is 13.2. The summed E-state index contributed by atoms with van der Waals surface area (Å²) in [4.78, 5) is 18.3. The van der Waals surface area contributed by atoms with Crippen molar-refractivity contribution in [3.05, 3.63) is 51.9 Å². The van der Waals surface area contributed by atoms with Crippen molar-refractivity contribution in [3.8, 4) is 5.69 Å². The number of aliphatic hydroxyl groups excluding tert-OH is 1. The monoisotopic (exact) mass is 398 g/mol. The highest BCUT2D eigenvalue weighted by atomic mass is 16.3. The molecule has 2 aromatic rings. The van der Waals surface area contributed by atoms with Gasteiger partial charge >= 0.3 is 0 Å². The predicted octanol–water partition coefficient (Wildman–Crippen LogP) is 2.15. The first kappa shape index (κ1) is 20.4. The van der Waals surface area contributed by atoms with E-state index in [1.807, 2.05) is 42.1 Å². The van der Waals surface area contributed by atoms with Gasteiger partial charge in [0.05, 0.1) is 11.3 Å². The Labute approximate surface area is 173 Å². The summed E-state index contributed by atoms with van der Waals surface area (Å²) in [6.07, 6.45) is 4.63. The van der Waals surface area contributed by atoms with Gasteiger partial charge in [-0.25, -0.2) is 4.68 Å². The fourth-order valence-corrected chi connectivity index (χ4v) is 5.00. The van der Waals surface area contributed by atoms with Crippen LogP contribution in [0, 0.1) is 12.8 Å². The topological polar surface area (TPSA) is 53.6 Å². The minimum Gasteiger partial charge on any atom is -0.396 e. The molecule has 6 heteroatoms. The summed E-state index contributed by atoms with van der Waals surface area (Å²) in [6.45, 7) is 7.38. The third kappa shape index (κ3) is 4.20. The van der Waals surface area contributed by atoms with E-state index in [1.165, 1.54) is 12.8 Å². The van der Waals surface area contributed by atoms with Crippen LogP contribution in [0.1, 0.15) is 36.9 Å². The van der Waals surface area contributed by atoms with E-state index in [1.54, 1.807) is 4.68 Å². The van der Waals surface area contributed by atoms with Crippen LogP contribution in [0.15, 0.2) is 35.1 Å². The summed E-state index contributed by atoms with van der Waals surface area (Å²) in [6, 6.07) is 10.5. The van der Waals surface area contributed by atoms with Crippen LogP contribution in [0.3, 0.4) is 0 Å². The van der Waals surface area contributed by atoms with Gasteiger partial charge in [-0.05, 0) is 70.3 Å². The molecule has 0 aliphatic carbocycles. The van der Waals surface area contributed by atoms with Crippen molar-refractivity contribution in [3.63, 3.8) is 0 Å². The van der Waals surface area contributed by atoms with Gasteiger partial charge in [0, 0.05) is 38.5 Å². The Bertz CT molecular complexity index is 865. The zero-order chi connectivity index (χ0) is 20.4.